The second kappa shape index (κ2) is 7.57. The van der Waals surface area contributed by atoms with E-state index in [-0.39, 0.29) is 23.1 Å². The van der Waals surface area contributed by atoms with E-state index in [2.05, 4.69) is 15.6 Å². The van der Waals surface area contributed by atoms with E-state index in [4.69, 9.17) is 0 Å². The molecule has 0 unspecified atom stereocenters. The summed E-state index contributed by atoms with van der Waals surface area (Å²) in [5.74, 6) is -1.28. The predicted octanol–water partition coefficient (Wildman–Crippen LogP) is 4.05. The van der Waals surface area contributed by atoms with Crippen LogP contribution in [0.5, 0.6) is 0 Å². The summed E-state index contributed by atoms with van der Waals surface area (Å²) >= 11 is 0. The molecule has 0 saturated heterocycles. The van der Waals surface area contributed by atoms with Crippen molar-refractivity contribution >= 4 is 23.3 Å². The van der Waals surface area contributed by atoms with Crippen LogP contribution >= 0.6 is 0 Å². The first-order valence-corrected chi connectivity index (χ1v) is 8.85. The van der Waals surface area contributed by atoms with Gasteiger partial charge in [-0.15, -0.1) is 0 Å². The number of nitrogens with one attached hydrogen (secondary N) is 2. The first-order chi connectivity index (χ1) is 13.6. The number of fused-ring (bicyclic) bond motifs is 1. The molecule has 0 aliphatic heterocycles. The van der Waals surface area contributed by atoms with E-state index < -0.39 is 23.6 Å². The Kier molecular flexibility index (Phi) is 5.32. The number of anilines is 1. The van der Waals surface area contributed by atoms with Gasteiger partial charge < -0.3 is 10.6 Å². The molecule has 3 rings (SSSR count). The third kappa shape index (κ3) is 4.23. The van der Waals surface area contributed by atoms with Crippen LogP contribution in [0.25, 0.3) is 5.65 Å². The number of hydrogen-bond donors (Lipinski definition) is 2. The number of carbonyl (C=O) groups excluding carboxylic acids is 2. The van der Waals surface area contributed by atoms with Crippen LogP contribution in [-0.2, 0) is 6.18 Å². The molecule has 29 heavy (non-hydrogen) atoms. The topological polar surface area (TPSA) is 75.5 Å². The van der Waals surface area contributed by atoms with Crippen LogP contribution in [0.3, 0.4) is 0 Å². The van der Waals surface area contributed by atoms with E-state index in [1.807, 2.05) is 0 Å². The Morgan fingerprint density at radius 3 is 2.48 bits per heavy atom. The fourth-order valence-corrected chi connectivity index (χ4v) is 2.86. The molecule has 0 radical (unpaired) electrons. The smallest absolute Gasteiger partial charge is 0.348 e. The number of rotatable bonds is 4. The highest BCUT2D eigenvalue weighted by atomic mass is 19.4. The number of carbonyl (C=O) groups is 2. The molecule has 2 N–H and O–H groups in total. The molecular weight excluding hydrogens is 385 g/mol. The molecular formula is C20H19F3N4O2. The Hall–Kier alpha value is -3.36. The highest BCUT2D eigenvalue weighted by molar-refractivity contribution is 6.08. The summed E-state index contributed by atoms with van der Waals surface area (Å²) in [4.78, 5) is 29.6. The van der Waals surface area contributed by atoms with Gasteiger partial charge in [0.1, 0.15) is 5.65 Å². The SMILES string of the molecule is Cc1cccn2c(C(=O)NC(C)C)c(NC(=O)c3cccc(C(F)(F)F)c3)nc12. The minimum absolute atomic E-state index is 0.0279. The Balaban J connectivity index is 2.03. The van der Waals surface area contributed by atoms with Gasteiger partial charge in [-0.1, -0.05) is 12.1 Å². The molecule has 0 spiro atoms. The Morgan fingerprint density at radius 1 is 1.10 bits per heavy atom. The van der Waals surface area contributed by atoms with Crippen molar-refractivity contribution in [3.8, 4) is 0 Å². The Morgan fingerprint density at radius 2 is 1.83 bits per heavy atom. The normalized spacial score (nSPS) is 11.7. The van der Waals surface area contributed by atoms with Crippen molar-refractivity contribution in [2.24, 2.45) is 0 Å². The lowest BCUT2D eigenvalue weighted by Crippen LogP contribution is -2.32. The van der Waals surface area contributed by atoms with Crippen LogP contribution in [0, 0.1) is 6.92 Å². The zero-order valence-corrected chi connectivity index (χ0v) is 16.0. The van der Waals surface area contributed by atoms with Crippen LogP contribution in [0.2, 0.25) is 0 Å². The van der Waals surface area contributed by atoms with Gasteiger partial charge in [0, 0.05) is 17.8 Å². The highest BCUT2D eigenvalue weighted by Crippen LogP contribution is 2.30. The zero-order chi connectivity index (χ0) is 21.3. The molecule has 0 saturated carbocycles. The molecule has 2 amide bonds. The number of nitrogens with zero attached hydrogens (tertiary/aromatic N) is 2. The van der Waals surface area contributed by atoms with Gasteiger partial charge in [0.15, 0.2) is 11.5 Å². The predicted molar refractivity (Wildman–Crippen MR) is 102 cm³/mol. The van der Waals surface area contributed by atoms with E-state index in [9.17, 15) is 22.8 Å². The van der Waals surface area contributed by atoms with E-state index in [1.54, 1.807) is 39.1 Å². The minimum Gasteiger partial charge on any atom is -0.348 e. The second-order valence-electron chi connectivity index (χ2n) is 6.85. The number of imidazole rings is 1. The van der Waals surface area contributed by atoms with E-state index in [0.717, 1.165) is 23.8 Å². The molecule has 152 valence electrons. The standard InChI is InChI=1S/C20H19F3N4O2/c1-11(2)24-19(29)15-16(25-17-12(3)6-5-9-27(15)17)26-18(28)13-7-4-8-14(10-13)20(21,22)23/h4-11H,1-3H3,(H,24,29)(H,26,28). The van der Waals surface area contributed by atoms with Crippen molar-refractivity contribution in [3.05, 3.63) is 65.0 Å². The van der Waals surface area contributed by atoms with Crippen LogP contribution in [0.1, 0.15) is 45.8 Å². The van der Waals surface area contributed by atoms with Crippen molar-refractivity contribution < 1.29 is 22.8 Å². The van der Waals surface area contributed by atoms with E-state index >= 15 is 0 Å². The van der Waals surface area contributed by atoms with Crippen molar-refractivity contribution in [1.82, 2.24) is 14.7 Å². The Bertz CT molecular complexity index is 1090. The fraction of sp³-hybridized carbons (Fsp3) is 0.250. The molecule has 9 heteroatoms. The second-order valence-corrected chi connectivity index (χ2v) is 6.85. The molecule has 3 aromatic rings. The molecule has 0 aliphatic carbocycles. The molecule has 6 nitrogen and oxygen atoms in total. The monoisotopic (exact) mass is 404 g/mol. The summed E-state index contributed by atoms with van der Waals surface area (Å²) in [6.45, 7) is 5.37. The molecule has 2 heterocycles. The van der Waals surface area contributed by atoms with Gasteiger partial charge in [0.25, 0.3) is 11.8 Å². The summed E-state index contributed by atoms with van der Waals surface area (Å²) in [5.41, 5.74) is 0.196. The third-order valence-electron chi connectivity index (χ3n) is 4.16. The van der Waals surface area contributed by atoms with Crippen LogP contribution in [-0.4, -0.2) is 27.2 Å². The Labute approximate surface area is 164 Å². The number of pyridine rings is 1. The van der Waals surface area contributed by atoms with Crippen molar-refractivity contribution in [3.63, 3.8) is 0 Å². The number of hydrogen-bond acceptors (Lipinski definition) is 3. The van der Waals surface area contributed by atoms with Crippen LogP contribution < -0.4 is 10.6 Å². The molecule has 1 aromatic carbocycles. The largest absolute Gasteiger partial charge is 0.416 e. The van der Waals surface area contributed by atoms with Gasteiger partial charge in [-0.25, -0.2) is 4.98 Å². The molecule has 2 aromatic heterocycles. The highest BCUT2D eigenvalue weighted by Gasteiger charge is 2.31. The lowest BCUT2D eigenvalue weighted by atomic mass is 10.1. The number of alkyl halides is 3. The third-order valence-corrected chi connectivity index (χ3v) is 4.16. The van der Waals surface area contributed by atoms with E-state index in [1.165, 1.54) is 10.5 Å². The average Bonchev–Trinajstić information content (AvgIpc) is 3.00. The van der Waals surface area contributed by atoms with Crippen LogP contribution in [0.15, 0.2) is 42.6 Å². The maximum atomic E-state index is 12.9. The maximum absolute atomic E-state index is 12.9. The molecule has 0 atom stereocenters. The van der Waals surface area contributed by atoms with Gasteiger partial charge >= 0.3 is 6.18 Å². The number of benzene rings is 1. The van der Waals surface area contributed by atoms with E-state index in [0.29, 0.717) is 5.65 Å². The van der Waals surface area contributed by atoms with Crippen molar-refractivity contribution in [1.29, 1.82) is 0 Å². The summed E-state index contributed by atoms with van der Waals surface area (Å²) in [5, 5.41) is 5.22. The number of aromatic nitrogens is 2. The lowest BCUT2D eigenvalue weighted by Gasteiger charge is -2.11. The van der Waals surface area contributed by atoms with Gasteiger partial charge in [-0.05, 0) is 50.6 Å². The summed E-state index contributed by atoms with van der Waals surface area (Å²) in [6.07, 6.45) is -2.94. The zero-order valence-electron chi connectivity index (χ0n) is 16.0. The number of amides is 2. The lowest BCUT2D eigenvalue weighted by molar-refractivity contribution is -0.137. The maximum Gasteiger partial charge on any atom is 0.416 e. The first-order valence-electron chi connectivity index (χ1n) is 8.85. The summed E-state index contributed by atoms with van der Waals surface area (Å²) in [6, 6.07) is 7.41. The molecule has 0 fully saturated rings. The number of aryl methyl sites for hydroxylation is 1. The van der Waals surface area contributed by atoms with Gasteiger partial charge in [-0.2, -0.15) is 13.2 Å². The summed E-state index contributed by atoms with van der Waals surface area (Å²) in [7, 11) is 0. The minimum atomic E-state index is -4.57. The van der Waals surface area contributed by atoms with Crippen LogP contribution in [0.4, 0.5) is 19.0 Å². The van der Waals surface area contributed by atoms with Gasteiger partial charge in [0.2, 0.25) is 0 Å². The quantitative estimate of drug-likeness (QED) is 0.689. The van der Waals surface area contributed by atoms with Crippen molar-refractivity contribution in [2.45, 2.75) is 33.0 Å². The average molecular weight is 404 g/mol. The molecule has 0 aliphatic rings. The first kappa shape index (κ1) is 20.4. The van der Waals surface area contributed by atoms with Gasteiger partial charge in [0.05, 0.1) is 5.56 Å². The molecule has 0 bridgehead atoms. The van der Waals surface area contributed by atoms with Crippen molar-refractivity contribution in [2.75, 3.05) is 5.32 Å². The number of halogens is 3. The van der Waals surface area contributed by atoms with Gasteiger partial charge in [-0.3, -0.25) is 14.0 Å². The fourth-order valence-electron chi connectivity index (χ4n) is 2.86. The summed E-state index contributed by atoms with van der Waals surface area (Å²) < 4.78 is 40.3.